The summed E-state index contributed by atoms with van der Waals surface area (Å²) in [5, 5.41) is 9.10. The van der Waals surface area contributed by atoms with E-state index in [2.05, 4.69) is 21.1 Å². The lowest BCUT2D eigenvalue weighted by Gasteiger charge is -2.07. The van der Waals surface area contributed by atoms with E-state index < -0.39 is 23.9 Å². The maximum atomic E-state index is 11.7. The van der Waals surface area contributed by atoms with Crippen LogP contribution in [0.25, 0.3) is 0 Å². The fourth-order valence-electron chi connectivity index (χ4n) is 2.23. The van der Waals surface area contributed by atoms with Crippen LogP contribution < -0.4 is 0 Å². The molecular weight excluding hydrogens is 320 g/mol. The summed E-state index contributed by atoms with van der Waals surface area (Å²) in [7, 11) is 0. The van der Waals surface area contributed by atoms with Gasteiger partial charge in [-0.2, -0.15) is 4.89 Å². The van der Waals surface area contributed by atoms with Crippen molar-refractivity contribution in [2.75, 3.05) is 6.61 Å². The zero-order valence-electron chi connectivity index (χ0n) is 12.6. The minimum atomic E-state index is -1.20. The molecule has 0 atom stereocenters. The third-order valence-electron chi connectivity index (χ3n) is 3.31. The van der Waals surface area contributed by atoms with E-state index in [-0.39, 0.29) is 23.3 Å². The summed E-state index contributed by atoms with van der Waals surface area (Å²) in [5.41, 5.74) is 0.394. The van der Waals surface area contributed by atoms with Crippen molar-refractivity contribution in [1.82, 2.24) is 0 Å². The van der Waals surface area contributed by atoms with Crippen LogP contribution in [-0.2, 0) is 25.7 Å². The molecule has 0 amide bonds. The number of carboxylic acid groups (broad SMARTS) is 1. The smallest absolute Gasteiger partial charge is 0.365 e. The van der Waals surface area contributed by atoms with Crippen molar-refractivity contribution in [1.29, 1.82) is 0 Å². The maximum absolute atomic E-state index is 11.7. The fraction of sp³-hybridized carbons (Fsp3) is 0.250. The van der Waals surface area contributed by atoms with Gasteiger partial charge in [0.05, 0.1) is 23.3 Å². The molecule has 24 heavy (non-hydrogen) atoms. The van der Waals surface area contributed by atoms with Gasteiger partial charge in [0.2, 0.25) is 0 Å². The van der Waals surface area contributed by atoms with Gasteiger partial charge in [0, 0.05) is 6.08 Å². The number of ether oxygens (including phenoxy) is 1. The number of benzene rings is 1. The fourth-order valence-corrected chi connectivity index (χ4v) is 2.23. The van der Waals surface area contributed by atoms with E-state index >= 15 is 0 Å². The molecule has 0 radical (unpaired) electrons. The van der Waals surface area contributed by atoms with Crippen molar-refractivity contribution in [3.8, 4) is 0 Å². The van der Waals surface area contributed by atoms with E-state index in [1.54, 1.807) is 0 Å². The number of aryl methyl sites for hydroxylation is 1. The van der Waals surface area contributed by atoms with Crippen molar-refractivity contribution >= 4 is 23.9 Å². The molecule has 0 aliphatic carbocycles. The third-order valence-corrected chi connectivity index (χ3v) is 3.31. The normalized spacial score (nSPS) is 12.5. The number of carboxylic acids is 1. The Bertz CT molecular complexity index is 719. The number of aromatic carboxylic acids is 1. The number of cyclic esters (lactones) is 2. The number of carbonyl (C=O) groups excluding carboxylic acids is 3. The van der Waals surface area contributed by atoms with Crippen LogP contribution in [0.2, 0.25) is 0 Å². The van der Waals surface area contributed by atoms with Gasteiger partial charge in [-0.05, 0) is 37.0 Å². The zero-order valence-corrected chi connectivity index (χ0v) is 12.6. The maximum Gasteiger partial charge on any atom is 0.365 e. The third kappa shape index (κ3) is 3.85. The molecule has 0 aromatic heterocycles. The predicted octanol–water partition coefficient (Wildman–Crippen LogP) is 1.68. The predicted molar refractivity (Wildman–Crippen MR) is 78.3 cm³/mol. The number of carbonyl (C=O) groups is 4. The quantitative estimate of drug-likeness (QED) is 0.191. The number of hydrogen-bond donors (Lipinski definition) is 1. The Morgan fingerprint density at radius 2 is 1.96 bits per heavy atom. The molecule has 1 heterocycles. The van der Waals surface area contributed by atoms with Gasteiger partial charge in [-0.1, -0.05) is 6.58 Å². The second-order valence-corrected chi connectivity index (χ2v) is 4.93. The summed E-state index contributed by atoms with van der Waals surface area (Å²) in [4.78, 5) is 54.2. The van der Waals surface area contributed by atoms with Crippen LogP contribution in [0.15, 0.2) is 24.8 Å². The molecule has 1 N–H and O–H groups in total. The highest BCUT2D eigenvalue weighted by atomic mass is 17.2. The molecule has 0 saturated carbocycles. The number of esters is 2. The Kier molecular flexibility index (Phi) is 5.43. The first-order chi connectivity index (χ1) is 11.4. The van der Waals surface area contributed by atoms with Crippen molar-refractivity contribution in [2.45, 2.75) is 19.3 Å². The second-order valence-electron chi connectivity index (χ2n) is 4.93. The number of hydrogen-bond acceptors (Lipinski definition) is 7. The first-order valence-electron chi connectivity index (χ1n) is 7.06. The molecule has 0 spiro atoms. The van der Waals surface area contributed by atoms with E-state index in [1.807, 2.05) is 0 Å². The van der Waals surface area contributed by atoms with E-state index in [1.165, 1.54) is 6.07 Å². The molecule has 1 aliphatic heterocycles. The molecular formula is C16H14O8. The van der Waals surface area contributed by atoms with Crippen LogP contribution in [0.3, 0.4) is 0 Å². The molecule has 0 bridgehead atoms. The lowest BCUT2D eigenvalue weighted by Crippen LogP contribution is -2.06. The monoisotopic (exact) mass is 334 g/mol. The second kappa shape index (κ2) is 7.51. The average molecular weight is 334 g/mol. The van der Waals surface area contributed by atoms with E-state index in [9.17, 15) is 19.2 Å². The topological polar surface area (TPSA) is 116 Å². The van der Waals surface area contributed by atoms with E-state index in [4.69, 9.17) is 5.11 Å². The largest absolute Gasteiger partial charge is 0.478 e. The van der Waals surface area contributed by atoms with Gasteiger partial charge in [-0.3, -0.25) is 4.89 Å². The van der Waals surface area contributed by atoms with Crippen LogP contribution >= 0.6 is 0 Å². The van der Waals surface area contributed by atoms with Gasteiger partial charge in [-0.25, -0.2) is 19.2 Å². The Morgan fingerprint density at radius 3 is 2.62 bits per heavy atom. The highest BCUT2D eigenvalue weighted by Crippen LogP contribution is 2.27. The lowest BCUT2D eigenvalue weighted by molar-refractivity contribution is -0.267. The van der Waals surface area contributed by atoms with Crippen LogP contribution in [0.4, 0.5) is 0 Å². The van der Waals surface area contributed by atoms with Gasteiger partial charge in [-0.15, -0.1) is 0 Å². The summed E-state index contributed by atoms with van der Waals surface area (Å²) >= 11 is 0. The summed E-state index contributed by atoms with van der Waals surface area (Å²) < 4.78 is 4.53. The van der Waals surface area contributed by atoms with E-state index in [0.717, 1.165) is 12.1 Å². The summed E-state index contributed by atoms with van der Waals surface area (Å²) in [5.74, 6) is -3.54. The standard InChI is InChI=1S/C16H14O8/c1-2-12(17)24-22-6-4-3-5-9-7-10(14(18)19)8-11-13(9)16(21)23-15(11)20/h2,7-8H,1,3-6H2,(H,18,19). The molecule has 1 aliphatic rings. The van der Waals surface area contributed by atoms with E-state index in [0.29, 0.717) is 24.8 Å². The molecule has 1 aromatic rings. The molecule has 1 aromatic carbocycles. The summed E-state index contributed by atoms with van der Waals surface area (Å²) in [6.45, 7) is 3.34. The van der Waals surface area contributed by atoms with Crippen LogP contribution in [0.1, 0.15) is 49.5 Å². The van der Waals surface area contributed by atoms with Gasteiger partial charge in [0.25, 0.3) is 0 Å². The minimum absolute atomic E-state index is 0.0361. The van der Waals surface area contributed by atoms with Gasteiger partial charge in [0.1, 0.15) is 0 Å². The molecule has 8 heteroatoms. The average Bonchev–Trinajstić information content (AvgIpc) is 2.84. The van der Waals surface area contributed by atoms with Crippen molar-refractivity contribution in [3.05, 3.63) is 47.0 Å². The van der Waals surface area contributed by atoms with Crippen LogP contribution in [0, 0.1) is 0 Å². The molecule has 0 unspecified atom stereocenters. The van der Waals surface area contributed by atoms with Crippen molar-refractivity contribution in [3.63, 3.8) is 0 Å². The van der Waals surface area contributed by atoms with Crippen molar-refractivity contribution < 1.29 is 38.8 Å². The molecule has 8 nitrogen and oxygen atoms in total. The zero-order chi connectivity index (χ0) is 17.7. The highest BCUT2D eigenvalue weighted by Gasteiger charge is 2.33. The Morgan fingerprint density at radius 1 is 1.21 bits per heavy atom. The molecule has 0 fully saturated rings. The number of rotatable bonds is 8. The minimum Gasteiger partial charge on any atom is -0.478 e. The van der Waals surface area contributed by atoms with Gasteiger partial charge < -0.3 is 9.84 Å². The number of unbranched alkanes of at least 4 members (excludes halogenated alkanes) is 1. The number of fused-ring (bicyclic) bond motifs is 1. The SMILES string of the molecule is C=CC(=O)OOCCCCc1cc(C(=O)O)cc2c1C(=O)OC2=O. The lowest BCUT2D eigenvalue weighted by atomic mass is 9.95. The Hall–Kier alpha value is -3.00. The Labute approximate surface area is 136 Å². The molecule has 126 valence electrons. The first kappa shape index (κ1) is 17.4. The Balaban J connectivity index is 2.02. The summed E-state index contributed by atoms with van der Waals surface area (Å²) in [6.07, 6.45) is 2.30. The molecule has 2 rings (SSSR count). The van der Waals surface area contributed by atoms with Crippen LogP contribution in [0.5, 0.6) is 0 Å². The van der Waals surface area contributed by atoms with Gasteiger partial charge in [0.15, 0.2) is 0 Å². The van der Waals surface area contributed by atoms with Gasteiger partial charge >= 0.3 is 23.9 Å². The van der Waals surface area contributed by atoms with Crippen molar-refractivity contribution in [2.24, 2.45) is 0 Å². The first-order valence-corrected chi connectivity index (χ1v) is 7.06. The summed E-state index contributed by atoms with van der Waals surface area (Å²) in [6, 6.07) is 2.48. The highest BCUT2D eigenvalue weighted by molar-refractivity contribution is 6.16. The van der Waals surface area contributed by atoms with Crippen LogP contribution in [-0.4, -0.2) is 35.6 Å². The molecule has 0 saturated heterocycles.